The van der Waals surface area contributed by atoms with Crippen LogP contribution >= 0.6 is 0 Å². The Bertz CT molecular complexity index is 585. The molecule has 0 fully saturated rings. The minimum atomic E-state index is 0.471. The standard InChI is InChI=1S/C19H26N2O2/c1-21(2)12-6-7-16-10-11-19(18(20)15-16)23-14-13-22-17-8-4-3-5-9-17/h3-5,8-11,15H,6-7,12-14,20H2,1-2H3. The van der Waals surface area contributed by atoms with Gasteiger partial charge in [0.05, 0.1) is 5.69 Å². The monoisotopic (exact) mass is 314 g/mol. The average molecular weight is 314 g/mol. The zero-order valence-corrected chi connectivity index (χ0v) is 14.0. The van der Waals surface area contributed by atoms with Gasteiger partial charge in [-0.15, -0.1) is 0 Å². The van der Waals surface area contributed by atoms with Gasteiger partial charge in [0.25, 0.3) is 0 Å². The number of para-hydroxylation sites is 1. The van der Waals surface area contributed by atoms with Gasteiger partial charge in [-0.2, -0.15) is 0 Å². The molecule has 0 aliphatic rings. The Balaban J connectivity index is 1.75. The van der Waals surface area contributed by atoms with Crippen molar-refractivity contribution in [1.29, 1.82) is 0 Å². The van der Waals surface area contributed by atoms with Crippen LogP contribution in [-0.4, -0.2) is 38.8 Å². The fourth-order valence-electron chi connectivity index (χ4n) is 2.31. The third kappa shape index (κ3) is 6.20. The summed E-state index contributed by atoms with van der Waals surface area (Å²) in [6, 6.07) is 15.7. The Morgan fingerprint density at radius 3 is 2.39 bits per heavy atom. The molecule has 0 atom stereocenters. The van der Waals surface area contributed by atoms with Crippen LogP contribution in [0.1, 0.15) is 12.0 Å². The summed E-state index contributed by atoms with van der Waals surface area (Å²) in [6.07, 6.45) is 2.15. The molecule has 0 spiro atoms. The van der Waals surface area contributed by atoms with Crippen LogP contribution in [0.25, 0.3) is 0 Å². The summed E-state index contributed by atoms with van der Waals surface area (Å²) in [5.41, 5.74) is 8.00. The Morgan fingerprint density at radius 1 is 0.957 bits per heavy atom. The number of benzene rings is 2. The first-order valence-electron chi connectivity index (χ1n) is 7.99. The number of aryl methyl sites for hydroxylation is 1. The van der Waals surface area contributed by atoms with Gasteiger partial charge < -0.3 is 20.1 Å². The van der Waals surface area contributed by atoms with E-state index in [0.29, 0.717) is 18.9 Å². The molecule has 2 N–H and O–H groups in total. The van der Waals surface area contributed by atoms with Crippen LogP contribution in [0.5, 0.6) is 11.5 Å². The second-order valence-electron chi connectivity index (χ2n) is 5.79. The van der Waals surface area contributed by atoms with Gasteiger partial charge in [0.15, 0.2) is 0 Å². The number of nitrogen functional groups attached to an aromatic ring is 1. The van der Waals surface area contributed by atoms with Crippen LogP contribution in [0, 0.1) is 0 Å². The highest BCUT2D eigenvalue weighted by atomic mass is 16.5. The maximum Gasteiger partial charge on any atom is 0.142 e. The lowest BCUT2D eigenvalue weighted by atomic mass is 10.1. The highest BCUT2D eigenvalue weighted by molar-refractivity contribution is 5.54. The van der Waals surface area contributed by atoms with Crippen LogP contribution in [0.2, 0.25) is 0 Å². The summed E-state index contributed by atoms with van der Waals surface area (Å²) in [6.45, 7) is 2.04. The van der Waals surface area contributed by atoms with Crippen molar-refractivity contribution < 1.29 is 9.47 Å². The number of anilines is 1. The molecular weight excluding hydrogens is 288 g/mol. The molecule has 2 aromatic carbocycles. The van der Waals surface area contributed by atoms with E-state index in [1.807, 2.05) is 42.5 Å². The molecule has 4 nitrogen and oxygen atoms in total. The second kappa shape index (κ2) is 9.06. The average Bonchev–Trinajstić information content (AvgIpc) is 2.54. The van der Waals surface area contributed by atoms with Gasteiger partial charge in [0.1, 0.15) is 24.7 Å². The SMILES string of the molecule is CN(C)CCCc1ccc(OCCOc2ccccc2)c(N)c1. The van der Waals surface area contributed by atoms with Crippen LogP contribution in [0.15, 0.2) is 48.5 Å². The zero-order chi connectivity index (χ0) is 16.5. The Morgan fingerprint density at radius 2 is 1.70 bits per heavy atom. The number of hydrogen-bond donors (Lipinski definition) is 1. The summed E-state index contributed by atoms with van der Waals surface area (Å²) >= 11 is 0. The molecule has 0 aliphatic heterocycles. The van der Waals surface area contributed by atoms with Crippen molar-refractivity contribution in [2.24, 2.45) is 0 Å². The lowest BCUT2D eigenvalue weighted by molar-refractivity contribution is 0.218. The molecule has 0 saturated heterocycles. The summed E-state index contributed by atoms with van der Waals surface area (Å²) in [5.74, 6) is 1.57. The number of hydrogen-bond acceptors (Lipinski definition) is 4. The maximum atomic E-state index is 6.07. The first-order chi connectivity index (χ1) is 11.1. The molecule has 124 valence electrons. The van der Waals surface area contributed by atoms with Gasteiger partial charge in [0.2, 0.25) is 0 Å². The Kier molecular flexibility index (Phi) is 6.76. The van der Waals surface area contributed by atoms with Crippen LogP contribution in [0.4, 0.5) is 5.69 Å². The van der Waals surface area contributed by atoms with Crippen molar-refractivity contribution in [3.05, 3.63) is 54.1 Å². The molecule has 23 heavy (non-hydrogen) atoms. The summed E-state index contributed by atoms with van der Waals surface area (Å²) in [5, 5.41) is 0. The van der Waals surface area contributed by atoms with E-state index in [4.69, 9.17) is 15.2 Å². The van der Waals surface area contributed by atoms with Crippen molar-refractivity contribution in [1.82, 2.24) is 4.90 Å². The van der Waals surface area contributed by atoms with Crippen LogP contribution in [-0.2, 0) is 6.42 Å². The molecule has 0 saturated carbocycles. The predicted molar refractivity (Wildman–Crippen MR) is 95.2 cm³/mol. The second-order valence-corrected chi connectivity index (χ2v) is 5.79. The van der Waals surface area contributed by atoms with E-state index in [1.54, 1.807) is 0 Å². The van der Waals surface area contributed by atoms with E-state index in [9.17, 15) is 0 Å². The number of nitrogens with zero attached hydrogens (tertiary/aromatic N) is 1. The number of ether oxygens (including phenoxy) is 2. The van der Waals surface area contributed by atoms with Gasteiger partial charge >= 0.3 is 0 Å². The van der Waals surface area contributed by atoms with Gasteiger partial charge in [-0.05, 0) is 63.3 Å². The summed E-state index contributed by atoms with van der Waals surface area (Å²) in [7, 11) is 4.17. The molecule has 4 heteroatoms. The normalized spacial score (nSPS) is 10.7. The van der Waals surface area contributed by atoms with Gasteiger partial charge in [-0.1, -0.05) is 24.3 Å². The van der Waals surface area contributed by atoms with Crippen LogP contribution < -0.4 is 15.2 Å². The van der Waals surface area contributed by atoms with Crippen molar-refractivity contribution in [3.8, 4) is 11.5 Å². The fourth-order valence-corrected chi connectivity index (χ4v) is 2.31. The van der Waals surface area contributed by atoms with Crippen LogP contribution in [0.3, 0.4) is 0 Å². The first-order valence-corrected chi connectivity index (χ1v) is 7.99. The highest BCUT2D eigenvalue weighted by Gasteiger charge is 2.03. The summed E-state index contributed by atoms with van der Waals surface area (Å²) < 4.78 is 11.3. The molecule has 2 rings (SSSR count). The molecule has 0 amide bonds. The van der Waals surface area contributed by atoms with Crippen molar-refractivity contribution >= 4 is 5.69 Å². The largest absolute Gasteiger partial charge is 0.490 e. The smallest absolute Gasteiger partial charge is 0.142 e. The zero-order valence-electron chi connectivity index (χ0n) is 14.0. The van der Waals surface area contributed by atoms with Crippen molar-refractivity contribution in [3.63, 3.8) is 0 Å². The topological polar surface area (TPSA) is 47.7 Å². The van der Waals surface area contributed by atoms with E-state index in [0.717, 1.165) is 30.9 Å². The van der Waals surface area contributed by atoms with Gasteiger partial charge in [-0.25, -0.2) is 0 Å². The van der Waals surface area contributed by atoms with E-state index in [2.05, 4.69) is 25.1 Å². The lowest BCUT2D eigenvalue weighted by Gasteiger charge is -2.12. The maximum absolute atomic E-state index is 6.07. The van der Waals surface area contributed by atoms with E-state index < -0.39 is 0 Å². The minimum absolute atomic E-state index is 0.471. The van der Waals surface area contributed by atoms with E-state index in [-0.39, 0.29) is 0 Å². The Labute approximate surface area is 138 Å². The van der Waals surface area contributed by atoms with Gasteiger partial charge in [0, 0.05) is 0 Å². The number of nitrogens with two attached hydrogens (primary N) is 1. The molecule has 0 aliphatic carbocycles. The third-order valence-electron chi connectivity index (χ3n) is 3.50. The molecule has 0 aromatic heterocycles. The van der Waals surface area contributed by atoms with E-state index >= 15 is 0 Å². The first kappa shape index (κ1) is 17.2. The fraction of sp³-hybridized carbons (Fsp3) is 0.368. The van der Waals surface area contributed by atoms with E-state index in [1.165, 1.54) is 5.56 Å². The molecule has 0 bridgehead atoms. The minimum Gasteiger partial charge on any atom is -0.490 e. The predicted octanol–water partition coefficient (Wildman–Crippen LogP) is 3.22. The Hall–Kier alpha value is -2.20. The lowest BCUT2D eigenvalue weighted by Crippen LogP contribution is -2.13. The molecule has 0 unspecified atom stereocenters. The molecule has 0 radical (unpaired) electrons. The number of rotatable bonds is 9. The van der Waals surface area contributed by atoms with Crippen molar-refractivity contribution in [2.45, 2.75) is 12.8 Å². The molecule has 2 aromatic rings. The quantitative estimate of drug-likeness (QED) is 0.570. The van der Waals surface area contributed by atoms with Crippen molar-refractivity contribution in [2.75, 3.05) is 39.6 Å². The summed E-state index contributed by atoms with van der Waals surface area (Å²) in [4.78, 5) is 2.19. The third-order valence-corrected chi connectivity index (χ3v) is 3.50. The van der Waals surface area contributed by atoms with Gasteiger partial charge in [-0.3, -0.25) is 0 Å². The highest BCUT2D eigenvalue weighted by Crippen LogP contribution is 2.23. The molecule has 0 heterocycles. The molecular formula is C19H26N2O2.